The van der Waals surface area contributed by atoms with E-state index in [1.165, 1.54) is 6.42 Å². The smallest absolute Gasteiger partial charge is 0.0622 e. The molecule has 0 bridgehead atoms. The average molecular weight is 905 g/mol. The number of hydrogen-bond donors (Lipinski definition) is 0. The summed E-state index contributed by atoms with van der Waals surface area (Å²) in [5.74, 6) is 0.992. The summed E-state index contributed by atoms with van der Waals surface area (Å²) < 4.78 is 0. The van der Waals surface area contributed by atoms with E-state index in [-0.39, 0.29) is 15.1 Å². The van der Waals surface area contributed by atoms with Crippen molar-refractivity contribution in [3.05, 3.63) is 35.9 Å². The molecule has 5 heteroatoms. The molecule has 0 aromatic heterocycles. The van der Waals surface area contributed by atoms with E-state index in [1.807, 2.05) is 0 Å². The van der Waals surface area contributed by atoms with E-state index in [4.69, 9.17) is 19.4 Å². The topological polar surface area (TPSA) is 0 Å². The molecule has 0 aliphatic heterocycles. The van der Waals surface area contributed by atoms with Crippen LogP contribution in [0.4, 0.5) is 0 Å². The van der Waals surface area contributed by atoms with E-state index in [9.17, 15) is 0 Å². The van der Waals surface area contributed by atoms with Gasteiger partial charge in [0.1, 0.15) is 0 Å². The monoisotopic (exact) mass is 904 g/mol. The van der Waals surface area contributed by atoms with Crippen LogP contribution in [0, 0.1) is 5.92 Å². The molecule has 308 valence electrons. The Hall–Kier alpha value is 1.28. The van der Waals surface area contributed by atoms with Crippen LogP contribution in [-0.4, -0.2) is 34.0 Å². The van der Waals surface area contributed by atoms with Crippen molar-refractivity contribution in [1.82, 2.24) is 0 Å². The van der Waals surface area contributed by atoms with Gasteiger partial charge < -0.3 is 0 Å². The minimum Gasteiger partial charge on any atom is -0.0622 e. The molecule has 0 atom stereocenters. The van der Waals surface area contributed by atoms with Gasteiger partial charge in [-0.2, -0.15) is 0 Å². The molecule has 0 saturated heterocycles. The zero-order valence-corrected chi connectivity index (χ0v) is 39.7. The fourth-order valence-electron chi connectivity index (χ4n) is 16.3. The maximum atomic E-state index is 4.85. The van der Waals surface area contributed by atoms with Crippen LogP contribution >= 0.6 is 33.9 Å². The fraction of sp³-hybridized carbons (Fsp3) is 0.878. The Labute approximate surface area is 352 Å². The molecule has 1 aromatic carbocycles. The maximum Gasteiger partial charge on any atom is 0.206 e. The fourth-order valence-corrected chi connectivity index (χ4v) is 38.9. The first-order valence-corrected chi connectivity index (χ1v) is 32.9. The van der Waals surface area contributed by atoms with Crippen molar-refractivity contribution in [2.75, 3.05) is 0 Å². The molecule has 8 rings (SSSR count). The standard InChI is InChI=1S/C49H82P2.2ClH.Ru/c1-9-25-41(26-10-1)49(42-27-11-2-12-28-42,50(43-29-13-3-14-30-43,44-31-15-4-16-32-44)45-33-17-5-18-34-45)51(46-35-19-6-20-36-46,47-37-21-7-22-38-47)48-39-23-8-24-40-48;;;/h1,9-10,25-26,42-48H,2-8,11-24,27-40H2;2*1H;/q+2;;;+2/p-2. The summed E-state index contributed by atoms with van der Waals surface area (Å²) in [6.07, 6.45) is 55.7. The van der Waals surface area contributed by atoms with Crippen LogP contribution in [0.2, 0.25) is 0 Å². The Bertz CT molecular complexity index is 1030. The number of hydrogen-bond acceptors (Lipinski definition) is 0. The molecule has 7 fully saturated rings. The number of benzene rings is 1. The predicted molar refractivity (Wildman–Crippen MR) is 241 cm³/mol. The number of halogens is 2. The van der Waals surface area contributed by atoms with Crippen LogP contribution in [0.15, 0.2) is 30.3 Å². The third-order valence-corrected chi connectivity index (χ3v) is 33.7. The van der Waals surface area contributed by atoms with Gasteiger partial charge in [0, 0.05) is 11.5 Å². The Morgan fingerprint density at radius 2 is 0.574 bits per heavy atom. The van der Waals surface area contributed by atoms with Crippen LogP contribution in [-0.2, 0) is 20.0 Å². The molecule has 0 N–H and O–H groups in total. The van der Waals surface area contributed by atoms with Crippen molar-refractivity contribution in [3.8, 4) is 0 Å². The quantitative estimate of drug-likeness (QED) is 0.162. The second-order valence-corrected chi connectivity index (χ2v) is 32.0. The van der Waals surface area contributed by atoms with Gasteiger partial charge in [-0.25, -0.2) is 0 Å². The molecule has 0 nitrogen and oxygen atoms in total. The van der Waals surface area contributed by atoms with Gasteiger partial charge in [-0.15, -0.1) is 0 Å². The van der Waals surface area contributed by atoms with Gasteiger partial charge in [0.25, 0.3) is 0 Å². The first kappa shape index (κ1) is 43.4. The maximum absolute atomic E-state index is 4.85. The third-order valence-electron chi connectivity index (χ3n) is 17.6. The molecule has 0 unspecified atom stereocenters. The summed E-state index contributed by atoms with van der Waals surface area (Å²) in [6.45, 7) is 0. The van der Waals surface area contributed by atoms with Gasteiger partial charge in [0.15, 0.2) is 0 Å². The Balaban J connectivity index is 0.00000145. The zero-order valence-electron chi connectivity index (χ0n) is 34.7. The van der Waals surface area contributed by atoms with E-state index in [1.54, 1.807) is 218 Å². The van der Waals surface area contributed by atoms with Gasteiger partial charge in [-0.3, -0.25) is 0 Å². The predicted octanol–water partition coefficient (Wildman–Crippen LogP) is 17.8. The molecule has 0 radical (unpaired) electrons. The van der Waals surface area contributed by atoms with E-state index < -0.39 is 14.5 Å². The van der Waals surface area contributed by atoms with Gasteiger partial charge >= 0.3 is 34.5 Å². The molecule has 7 saturated carbocycles. The molecule has 54 heavy (non-hydrogen) atoms. The van der Waals surface area contributed by atoms with Crippen LogP contribution < -0.4 is 0 Å². The van der Waals surface area contributed by atoms with E-state index >= 15 is 0 Å². The first-order valence-electron chi connectivity index (χ1n) is 24.4. The van der Waals surface area contributed by atoms with Crippen molar-refractivity contribution in [2.45, 2.75) is 264 Å². The van der Waals surface area contributed by atoms with Crippen molar-refractivity contribution in [2.24, 2.45) is 5.92 Å². The minimum atomic E-state index is -1.53. The van der Waals surface area contributed by atoms with Crippen LogP contribution in [0.1, 0.15) is 230 Å². The van der Waals surface area contributed by atoms with Crippen LogP contribution in [0.5, 0.6) is 0 Å². The van der Waals surface area contributed by atoms with Crippen molar-refractivity contribution < 1.29 is 15.1 Å². The molecular weight excluding hydrogens is 822 g/mol. The molecule has 0 amide bonds. The molecule has 0 heterocycles. The number of rotatable bonds is 10. The van der Waals surface area contributed by atoms with Gasteiger partial charge in [0.2, 0.25) is 4.90 Å². The summed E-state index contributed by atoms with van der Waals surface area (Å²) >= 11 is -0.346. The molecule has 0 spiro atoms. The van der Waals surface area contributed by atoms with Gasteiger partial charge in [0.05, 0.1) is 48.5 Å². The van der Waals surface area contributed by atoms with E-state index in [0.717, 1.165) is 39.9 Å². The Morgan fingerprint density at radius 3 is 0.815 bits per heavy atom. The average Bonchev–Trinajstić information content (AvgIpc) is 3.27. The summed E-state index contributed by atoms with van der Waals surface area (Å²) in [4.78, 5) is 0.555. The molecular formula is C49H82Cl2P2Ru+2. The zero-order chi connectivity index (χ0) is 37.1. The largest absolute Gasteiger partial charge is 0.206 e. The van der Waals surface area contributed by atoms with Gasteiger partial charge in [-0.1, -0.05) is 88.1 Å². The summed E-state index contributed by atoms with van der Waals surface area (Å²) in [5, 5.41) is 0. The Kier molecular flexibility index (Phi) is 17.4. The minimum absolute atomic E-state index is 0.346. The van der Waals surface area contributed by atoms with Crippen LogP contribution in [0.3, 0.4) is 0 Å². The second kappa shape index (κ2) is 21.7. The molecule has 1 aromatic rings. The first-order chi connectivity index (χ1) is 26.8. The van der Waals surface area contributed by atoms with E-state index in [2.05, 4.69) is 35.9 Å². The summed E-state index contributed by atoms with van der Waals surface area (Å²) in [5.41, 5.74) is 8.61. The summed E-state index contributed by atoms with van der Waals surface area (Å²) in [7, 11) is 6.66. The van der Waals surface area contributed by atoms with Crippen molar-refractivity contribution >= 4 is 33.9 Å². The van der Waals surface area contributed by atoms with Gasteiger partial charge in [-0.05, 0) is 167 Å². The SMILES string of the molecule is [Cl][Ru][Cl].c1ccc(C(C2CCCCC2)([P+](C2CCCCC2)(C2CCCCC2)C2CCCCC2)[P+](C2CCCCC2)(C2CCCCC2)C2CCCCC2)cc1. The van der Waals surface area contributed by atoms with Crippen LogP contribution in [0.25, 0.3) is 0 Å². The molecule has 7 aliphatic carbocycles. The third kappa shape index (κ3) is 8.45. The van der Waals surface area contributed by atoms with E-state index in [0.29, 0.717) is 4.90 Å². The molecule has 7 aliphatic rings. The van der Waals surface area contributed by atoms with Crippen molar-refractivity contribution in [1.29, 1.82) is 0 Å². The summed E-state index contributed by atoms with van der Waals surface area (Å²) in [6, 6.07) is 13.6. The normalized spacial score (nSPS) is 26.7. The Morgan fingerprint density at radius 1 is 0.352 bits per heavy atom. The van der Waals surface area contributed by atoms with Crippen molar-refractivity contribution in [3.63, 3.8) is 0 Å². The second-order valence-electron chi connectivity index (χ2n) is 19.9.